The molecule has 0 spiro atoms. The predicted octanol–water partition coefficient (Wildman–Crippen LogP) is 4.09. The van der Waals surface area contributed by atoms with Gasteiger partial charge >= 0.3 is 6.09 Å². The summed E-state index contributed by atoms with van der Waals surface area (Å²) < 4.78 is 22.3. The van der Waals surface area contributed by atoms with Crippen molar-refractivity contribution in [2.24, 2.45) is 0 Å². The van der Waals surface area contributed by atoms with E-state index in [1.54, 1.807) is 36.3 Å². The lowest BCUT2D eigenvalue weighted by Crippen LogP contribution is -2.34. The van der Waals surface area contributed by atoms with E-state index in [1.807, 2.05) is 24.3 Å². The van der Waals surface area contributed by atoms with Crippen molar-refractivity contribution < 1.29 is 28.8 Å². The van der Waals surface area contributed by atoms with Crippen LogP contribution in [0.5, 0.6) is 23.0 Å². The number of nitrogens with zero attached hydrogens (tertiary/aromatic N) is 1. The summed E-state index contributed by atoms with van der Waals surface area (Å²) in [6.45, 7) is 8.58. The summed E-state index contributed by atoms with van der Waals surface area (Å²) in [5.41, 5.74) is 1.82. The fourth-order valence-electron chi connectivity index (χ4n) is 3.39. The van der Waals surface area contributed by atoms with Gasteiger partial charge in [-0.1, -0.05) is 37.4 Å². The molecule has 164 valence electrons. The van der Waals surface area contributed by atoms with Crippen LogP contribution in [0.25, 0.3) is 0 Å². The average molecular weight is 425 g/mol. The topological polar surface area (TPSA) is 77.5 Å². The van der Waals surface area contributed by atoms with Gasteiger partial charge < -0.3 is 24.1 Å². The summed E-state index contributed by atoms with van der Waals surface area (Å²) in [5, 5.41) is 9.49. The Morgan fingerprint density at radius 1 is 1.10 bits per heavy atom. The number of carbonyl (C=O) groups is 1. The average Bonchev–Trinajstić information content (AvgIpc) is 3.11. The van der Waals surface area contributed by atoms with Crippen LogP contribution in [0.2, 0.25) is 0 Å². The van der Waals surface area contributed by atoms with E-state index in [0.29, 0.717) is 50.0 Å². The van der Waals surface area contributed by atoms with Crippen LogP contribution in [0.4, 0.5) is 4.79 Å². The molecule has 1 heterocycles. The van der Waals surface area contributed by atoms with Crippen molar-refractivity contribution in [3.8, 4) is 23.0 Å². The zero-order chi connectivity index (χ0) is 22.2. The lowest BCUT2D eigenvalue weighted by molar-refractivity contribution is 0.156. The Balaban J connectivity index is 1.85. The van der Waals surface area contributed by atoms with Crippen molar-refractivity contribution in [1.29, 1.82) is 0 Å². The second-order valence-corrected chi connectivity index (χ2v) is 7.05. The molecule has 1 amide bonds. The standard InChI is InChI=1S/C24H27NO6/c1-4-10-29-21-13-18(14-22(23(21)28-3)30-11-5-2)15-25-19(16-31-24(25)27)12-17-6-8-20(26)9-7-17/h4-9,13-14,19,26H,1-2,10-12,15-16H2,3H3/t19-/m1/s1. The number of benzene rings is 2. The lowest BCUT2D eigenvalue weighted by atomic mass is 10.0. The van der Waals surface area contributed by atoms with Gasteiger partial charge in [0.05, 0.1) is 13.2 Å². The van der Waals surface area contributed by atoms with Crippen LogP contribution in [0.3, 0.4) is 0 Å². The molecule has 0 aromatic heterocycles. The Kier molecular flexibility index (Phi) is 7.43. The van der Waals surface area contributed by atoms with Crippen LogP contribution in [-0.4, -0.2) is 49.1 Å². The number of aromatic hydroxyl groups is 1. The molecule has 1 N–H and O–H groups in total. The predicted molar refractivity (Wildman–Crippen MR) is 117 cm³/mol. The van der Waals surface area contributed by atoms with Gasteiger partial charge in [-0.2, -0.15) is 0 Å². The minimum absolute atomic E-state index is 0.130. The number of phenolic OH excluding ortho intramolecular Hbond substituents is 1. The molecule has 2 aromatic rings. The highest BCUT2D eigenvalue weighted by Crippen LogP contribution is 2.39. The maximum absolute atomic E-state index is 12.4. The van der Waals surface area contributed by atoms with Gasteiger partial charge in [-0.3, -0.25) is 4.90 Å². The van der Waals surface area contributed by atoms with Gasteiger partial charge in [-0.25, -0.2) is 4.79 Å². The first-order valence-electron chi connectivity index (χ1n) is 9.95. The van der Waals surface area contributed by atoms with Crippen molar-refractivity contribution in [3.05, 3.63) is 72.8 Å². The van der Waals surface area contributed by atoms with Crippen molar-refractivity contribution in [1.82, 2.24) is 4.90 Å². The van der Waals surface area contributed by atoms with Crippen LogP contribution in [0, 0.1) is 0 Å². The van der Waals surface area contributed by atoms with Crippen LogP contribution in [0.1, 0.15) is 11.1 Å². The first-order chi connectivity index (χ1) is 15.0. The van der Waals surface area contributed by atoms with E-state index in [0.717, 1.165) is 11.1 Å². The Morgan fingerprint density at radius 3 is 2.26 bits per heavy atom. The largest absolute Gasteiger partial charge is 0.508 e. The third kappa shape index (κ3) is 5.51. The molecule has 1 saturated heterocycles. The fourth-order valence-corrected chi connectivity index (χ4v) is 3.39. The van der Waals surface area contributed by atoms with Gasteiger partial charge in [0.25, 0.3) is 0 Å². The summed E-state index contributed by atoms with van der Waals surface area (Å²) in [5.74, 6) is 1.68. The number of cyclic esters (lactones) is 1. The van der Waals surface area contributed by atoms with Gasteiger partial charge in [0.1, 0.15) is 25.6 Å². The molecule has 1 aliphatic rings. The van der Waals surface area contributed by atoms with Crippen molar-refractivity contribution in [3.63, 3.8) is 0 Å². The van der Waals surface area contributed by atoms with Gasteiger partial charge in [0, 0.05) is 6.54 Å². The Hall–Kier alpha value is -3.61. The lowest BCUT2D eigenvalue weighted by Gasteiger charge is -2.23. The molecule has 1 fully saturated rings. The van der Waals surface area contributed by atoms with E-state index in [-0.39, 0.29) is 17.9 Å². The molecule has 7 heteroatoms. The summed E-state index contributed by atoms with van der Waals surface area (Å²) in [7, 11) is 1.54. The van der Waals surface area contributed by atoms with Crippen LogP contribution >= 0.6 is 0 Å². The molecule has 31 heavy (non-hydrogen) atoms. The molecule has 3 rings (SSSR count). The van der Waals surface area contributed by atoms with E-state index < -0.39 is 0 Å². The zero-order valence-electron chi connectivity index (χ0n) is 17.6. The highest BCUT2D eigenvalue weighted by Gasteiger charge is 2.33. The van der Waals surface area contributed by atoms with Crippen LogP contribution in [0.15, 0.2) is 61.7 Å². The van der Waals surface area contributed by atoms with E-state index in [2.05, 4.69) is 13.2 Å². The second-order valence-electron chi connectivity index (χ2n) is 7.05. The van der Waals surface area contributed by atoms with Crippen LogP contribution in [-0.2, 0) is 17.7 Å². The number of amides is 1. The van der Waals surface area contributed by atoms with Gasteiger partial charge in [-0.15, -0.1) is 0 Å². The van der Waals surface area contributed by atoms with Crippen molar-refractivity contribution in [2.75, 3.05) is 26.9 Å². The minimum atomic E-state index is -0.373. The first kappa shape index (κ1) is 22.1. The van der Waals surface area contributed by atoms with Gasteiger partial charge in [-0.05, 0) is 41.8 Å². The van der Waals surface area contributed by atoms with E-state index in [4.69, 9.17) is 18.9 Å². The molecule has 0 unspecified atom stereocenters. The molecule has 7 nitrogen and oxygen atoms in total. The quantitative estimate of drug-likeness (QED) is 0.547. The van der Waals surface area contributed by atoms with E-state index >= 15 is 0 Å². The summed E-state index contributed by atoms with van der Waals surface area (Å²) in [6.07, 6.45) is 3.52. The Bertz CT molecular complexity index is 891. The number of hydrogen-bond donors (Lipinski definition) is 1. The van der Waals surface area contributed by atoms with Gasteiger partial charge in [0.15, 0.2) is 11.5 Å². The molecule has 0 bridgehead atoms. The highest BCUT2D eigenvalue weighted by atomic mass is 16.6. The number of rotatable bonds is 11. The first-order valence-corrected chi connectivity index (χ1v) is 9.95. The molecular weight excluding hydrogens is 398 g/mol. The molecule has 1 atom stereocenters. The number of methoxy groups -OCH3 is 1. The SMILES string of the molecule is C=CCOc1cc(CN2C(=O)OC[C@H]2Cc2ccc(O)cc2)cc(OCC=C)c1OC. The number of carbonyl (C=O) groups excluding carboxylic acids is 1. The normalized spacial score (nSPS) is 15.3. The number of hydrogen-bond acceptors (Lipinski definition) is 6. The maximum Gasteiger partial charge on any atom is 0.410 e. The van der Waals surface area contributed by atoms with Crippen molar-refractivity contribution >= 4 is 6.09 Å². The summed E-state index contributed by atoms with van der Waals surface area (Å²) >= 11 is 0. The van der Waals surface area contributed by atoms with E-state index in [1.165, 1.54) is 0 Å². The Labute approximate surface area is 182 Å². The maximum atomic E-state index is 12.4. The smallest absolute Gasteiger partial charge is 0.410 e. The molecule has 2 aromatic carbocycles. The molecule has 1 aliphatic heterocycles. The summed E-state index contributed by atoms with van der Waals surface area (Å²) in [4.78, 5) is 14.1. The molecule has 0 aliphatic carbocycles. The van der Waals surface area contributed by atoms with E-state index in [9.17, 15) is 9.90 Å². The fraction of sp³-hybridized carbons (Fsp3) is 0.292. The molecular formula is C24H27NO6. The monoisotopic (exact) mass is 425 g/mol. The number of phenols is 1. The Morgan fingerprint density at radius 2 is 1.71 bits per heavy atom. The summed E-state index contributed by atoms with van der Waals surface area (Å²) in [6, 6.07) is 10.5. The molecule has 0 radical (unpaired) electrons. The third-order valence-electron chi connectivity index (χ3n) is 4.83. The van der Waals surface area contributed by atoms with Gasteiger partial charge in [0.2, 0.25) is 5.75 Å². The van der Waals surface area contributed by atoms with Crippen molar-refractivity contribution in [2.45, 2.75) is 19.0 Å². The zero-order valence-corrected chi connectivity index (χ0v) is 17.6. The van der Waals surface area contributed by atoms with Crippen LogP contribution < -0.4 is 14.2 Å². The molecule has 0 saturated carbocycles. The third-order valence-corrected chi connectivity index (χ3v) is 4.83. The second kappa shape index (κ2) is 10.4. The number of ether oxygens (including phenoxy) is 4. The highest BCUT2D eigenvalue weighted by molar-refractivity contribution is 5.70. The minimum Gasteiger partial charge on any atom is -0.508 e.